The van der Waals surface area contributed by atoms with Gasteiger partial charge in [-0.1, -0.05) is 6.07 Å². The summed E-state index contributed by atoms with van der Waals surface area (Å²) in [7, 11) is -1.60. The van der Waals surface area contributed by atoms with Crippen LogP contribution in [0.4, 0.5) is 4.39 Å². The van der Waals surface area contributed by atoms with Crippen molar-refractivity contribution >= 4 is 9.84 Å². The lowest BCUT2D eigenvalue weighted by Gasteiger charge is -2.25. The van der Waals surface area contributed by atoms with E-state index in [1.807, 2.05) is 0 Å². The molecule has 1 aromatic rings. The van der Waals surface area contributed by atoms with Crippen LogP contribution in [0.3, 0.4) is 0 Å². The number of benzene rings is 1. The van der Waals surface area contributed by atoms with Gasteiger partial charge in [0.25, 0.3) is 0 Å². The number of halogens is 1. The summed E-state index contributed by atoms with van der Waals surface area (Å²) in [6, 6.07) is 4.70. The summed E-state index contributed by atoms with van der Waals surface area (Å²) < 4.78 is 41.7. The molecule has 2 N–H and O–H groups in total. The van der Waals surface area contributed by atoms with Crippen molar-refractivity contribution in [3.05, 3.63) is 29.6 Å². The molecular weight excluding hydrogens is 269 g/mol. The average Bonchev–Trinajstić information content (AvgIpc) is 2.66. The summed E-state index contributed by atoms with van der Waals surface area (Å²) in [6.07, 6.45) is 1.02. The van der Waals surface area contributed by atoms with Crippen molar-refractivity contribution in [3.8, 4) is 5.75 Å². The summed E-state index contributed by atoms with van der Waals surface area (Å²) in [5.74, 6) is 0.00472. The minimum absolute atomic E-state index is 0.0874. The molecule has 0 bridgehead atoms. The fourth-order valence-electron chi connectivity index (χ4n) is 2.61. The van der Waals surface area contributed by atoms with Crippen LogP contribution < -0.4 is 10.5 Å². The number of methoxy groups -OCH3 is 1. The van der Waals surface area contributed by atoms with E-state index in [1.54, 1.807) is 12.1 Å². The molecule has 0 aromatic heterocycles. The highest BCUT2D eigenvalue weighted by Crippen LogP contribution is 2.35. The van der Waals surface area contributed by atoms with E-state index in [2.05, 4.69) is 0 Å². The van der Waals surface area contributed by atoms with Crippen LogP contribution in [-0.2, 0) is 16.3 Å². The van der Waals surface area contributed by atoms with Crippen molar-refractivity contribution in [2.24, 2.45) is 11.1 Å². The van der Waals surface area contributed by atoms with Crippen molar-refractivity contribution in [3.63, 3.8) is 0 Å². The first kappa shape index (κ1) is 14.3. The lowest BCUT2D eigenvalue weighted by atomic mass is 9.81. The Hall–Kier alpha value is -1.14. The van der Waals surface area contributed by atoms with Gasteiger partial charge in [0.2, 0.25) is 0 Å². The van der Waals surface area contributed by atoms with Gasteiger partial charge in [-0.2, -0.15) is 0 Å². The maximum atomic E-state index is 13.6. The molecule has 0 aliphatic carbocycles. The third-order valence-electron chi connectivity index (χ3n) is 3.70. The maximum Gasteiger partial charge on any atom is 0.165 e. The average molecular weight is 287 g/mol. The smallest absolute Gasteiger partial charge is 0.165 e. The minimum atomic E-state index is -3.01. The molecule has 2 rings (SSSR count). The summed E-state index contributed by atoms with van der Waals surface area (Å²) in [5, 5.41) is 0. The van der Waals surface area contributed by atoms with Crippen molar-refractivity contribution in [1.29, 1.82) is 0 Å². The lowest BCUT2D eigenvalue weighted by molar-refractivity contribution is 0.342. The summed E-state index contributed by atoms with van der Waals surface area (Å²) >= 11 is 0. The highest BCUT2D eigenvalue weighted by Gasteiger charge is 2.41. The van der Waals surface area contributed by atoms with Gasteiger partial charge in [0.15, 0.2) is 21.4 Å². The van der Waals surface area contributed by atoms with Crippen molar-refractivity contribution in [2.45, 2.75) is 12.8 Å². The zero-order valence-corrected chi connectivity index (χ0v) is 11.7. The molecule has 1 unspecified atom stereocenters. The third kappa shape index (κ3) is 3.06. The monoisotopic (exact) mass is 287 g/mol. The summed E-state index contributed by atoms with van der Waals surface area (Å²) in [4.78, 5) is 0. The van der Waals surface area contributed by atoms with Crippen LogP contribution in [0.1, 0.15) is 12.0 Å². The van der Waals surface area contributed by atoms with E-state index < -0.39 is 21.1 Å². The summed E-state index contributed by atoms with van der Waals surface area (Å²) in [6.45, 7) is 0.292. The first-order valence-corrected chi connectivity index (χ1v) is 7.95. The van der Waals surface area contributed by atoms with E-state index in [0.29, 0.717) is 19.4 Å². The summed E-state index contributed by atoms with van der Waals surface area (Å²) in [5.41, 5.74) is 6.04. The molecule has 1 aliphatic heterocycles. The quantitative estimate of drug-likeness (QED) is 0.901. The molecule has 0 spiro atoms. The van der Waals surface area contributed by atoms with E-state index in [4.69, 9.17) is 10.5 Å². The van der Waals surface area contributed by atoms with E-state index >= 15 is 0 Å². The van der Waals surface area contributed by atoms with Gasteiger partial charge in [-0.05, 0) is 37.1 Å². The van der Waals surface area contributed by atoms with Crippen LogP contribution in [0.15, 0.2) is 18.2 Å². The molecule has 6 heteroatoms. The predicted molar refractivity (Wildman–Crippen MR) is 71.4 cm³/mol. The van der Waals surface area contributed by atoms with Gasteiger partial charge < -0.3 is 10.5 Å². The molecule has 0 radical (unpaired) electrons. The van der Waals surface area contributed by atoms with Gasteiger partial charge in [-0.15, -0.1) is 0 Å². The van der Waals surface area contributed by atoms with Crippen LogP contribution in [0, 0.1) is 11.2 Å². The molecule has 0 amide bonds. The van der Waals surface area contributed by atoms with Gasteiger partial charge >= 0.3 is 0 Å². The standard InChI is InChI=1S/C13H18FNO3S/c1-18-12-3-2-10(6-11(12)14)7-13(8-15)4-5-19(16,17)9-13/h2-3,6H,4-5,7-9,15H2,1H3. The Morgan fingerprint density at radius 3 is 2.68 bits per heavy atom. The second-order valence-corrected chi connectivity index (χ2v) is 7.38. The first-order chi connectivity index (χ1) is 8.90. The molecule has 0 saturated carbocycles. The number of hydrogen-bond donors (Lipinski definition) is 1. The zero-order valence-electron chi connectivity index (χ0n) is 10.9. The molecule has 1 aliphatic rings. The van der Waals surface area contributed by atoms with Gasteiger partial charge in [-0.25, -0.2) is 12.8 Å². The Morgan fingerprint density at radius 2 is 2.21 bits per heavy atom. The van der Waals surface area contributed by atoms with Crippen LogP contribution in [0.5, 0.6) is 5.75 Å². The van der Waals surface area contributed by atoms with Crippen LogP contribution >= 0.6 is 0 Å². The van der Waals surface area contributed by atoms with Crippen molar-refractivity contribution in [2.75, 3.05) is 25.2 Å². The second-order valence-electron chi connectivity index (χ2n) is 5.19. The Balaban J connectivity index is 2.22. The largest absolute Gasteiger partial charge is 0.494 e. The SMILES string of the molecule is COc1ccc(CC2(CN)CCS(=O)(=O)C2)cc1F. The molecule has 106 valence electrons. The Bertz CT molecular complexity index is 573. The normalized spacial score (nSPS) is 25.4. The Kier molecular flexibility index (Phi) is 3.82. The van der Waals surface area contributed by atoms with Gasteiger partial charge in [0.05, 0.1) is 18.6 Å². The van der Waals surface area contributed by atoms with E-state index in [0.717, 1.165) is 5.56 Å². The molecule has 1 aromatic carbocycles. The molecule has 1 saturated heterocycles. The van der Waals surface area contributed by atoms with Gasteiger partial charge in [0, 0.05) is 5.41 Å². The van der Waals surface area contributed by atoms with E-state index in [9.17, 15) is 12.8 Å². The van der Waals surface area contributed by atoms with E-state index in [-0.39, 0.29) is 17.3 Å². The molecule has 1 heterocycles. The van der Waals surface area contributed by atoms with Crippen LogP contribution in [0.2, 0.25) is 0 Å². The fraction of sp³-hybridized carbons (Fsp3) is 0.538. The number of rotatable bonds is 4. The first-order valence-electron chi connectivity index (χ1n) is 6.13. The van der Waals surface area contributed by atoms with Crippen molar-refractivity contribution in [1.82, 2.24) is 0 Å². The maximum absolute atomic E-state index is 13.6. The molecule has 19 heavy (non-hydrogen) atoms. The van der Waals surface area contributed by atoms with Crippen LogP contribution in [0.25, 0.3) is 0 Å². The van der Waals surface area contributed by atoms with Crippen molar-refractivity contribution < 1.29 is 17.5 Å². The van der Waals surface area contributed by atoms with Gasteiger partial charge in [-0.3, -0.25) is 0 Å². The number of hydrogen-bond acceptors (Lipinski definition) is 4. The van der Waals surface area contributed by atoms with Crippen LogP contribution in [-0.4, -0.2) is 33.6 Å². The third-order valence-corrected chi connectivity index (χ3v) is 5.58. The predicted octanol–water partition coefficient (Wildman–Crippen LogP) is 1.14. The molecule has 1 atom stereocenters. The fourth-order valence-corrected chi connectivity index (χ4v) is 4.79. The molecule has 4 nitrogen and oxygen atoms in total. The minimum Gasteiger partial charge on any atom is -0.494 e. The van der Waals surface area contributed by atoms with E-state index in [1.165, 1.54) is 13.2 Å². The topological polar surface area (TPSA) is 69.4 Å². The number of ether oxygens (including phenoxy) is 1. The Labute approximate surface area is 112 Å². The molecule has 1 fully saturated rings. The second kappa shape index (κ2) is 5.09. The zero-order chi connectivity index (χ0) is 14.1. The van der Waals surface area contributed by atoms with Gasteiger partial charge in [0.1, 0.15) is 0 Å². The highest BCUT2D eigenvalue weighted by molar-refractivity contribution is 7.91. The molecular formula is C13H18FNO3S. The lowest BCUT2D eigenvalue weighted by Crippen LogP contribution is -2.34. The number of nitrogens with two attached hydrogens (primary N) is 1. The Morgan fingerprint density at radius 1 is 1.47 bits per heavy atom. The number of sulfone groups is 1. The highest BCUT2D eigenvalue weighted by atomic mass is 32.2.